The minimum atomic E-state index is -0.00260. The van der Waals surface area contributed by atoms with Crippen LogP contribution in [0.25, 0.3) is 0 Å². The molecule has 0 aliphatic carbocycles. The quantitative estimate of drug-likeness (QED) is 0.667. The Balaban J connectivity index is 1.71. The Bertz CT molecular complexity index is 936. The maximum absolute atomic E-state index is 13.0. The summed E-state index contributed by atoms with van der Waals surface area (Å²) in [6, 6.07) is 10.1. The van der Waals surface area contributed by atoms with Crippen molar-refractivity contribution in [3.05, 3.63) is 81.8 Å². The summed E-state index contributed by atoms with van der Waals surface area (Å²) in [5, 5.41) is 4.30. The van der Waals surface area contributed by atoms with Crippen LogP contribution >= 0.6 is 15.9 Å². The van der Waals surface area contributed by atoms with Crippen LogP contribution in [0.4, 0.5) is 0 Å². The zero-order chi connectivity index (χ0) is 17.4. The second-order valence-corrected chi connectivity index (χ2v) is 7.19. The van der Waals surface area contributed by atoms with E-state index in [9.17, 15) is 4.79 Å². The molecule has 0 bridgehead atoms. The number of pyridine rings is 1. The topological polar surface area (TPSA) is 51.0 Å². The first-order chi connectivity index (χ1) is 12.1. The van der Waals surface area contributed by atoms with E-state index in [-0.39, 0.29) is 11.8 Å². The van der Waals surface area contributed by atoms with E-state index in [2.05, 4.69) is 44.2 Å². The van der Waals surface area contributed by atoms with Crippen LogP contribution in [-0.2, 0) is 13.6 Å². The maximum atomic E-state index is 13.0. The molecular weight excluding hydrogens is 380 g/mol. The van der Waals surface area contributed by atoms with Crippen molar-refractivity contribution < 1.29 is 4.79 Å². The molecule has 3 heterocycles. The van der Waals surface area contributed by atoms with Crippen LogP contribution in [0.2, 0.25) is 0 Å². The van der Waals surface area contributed by atoms with E-state index in [1.165, 1.54) is 11.1 Å². The van der Waals surface area contributed by atoms with Gasteiger partial charge in [0.1, 0.15) is 0 Å². The number of hydrogen-bond acceptors (Lipinski definition) is 3. The Hall–Kier alpha value is -2.47. The van der Waals surface area contributed by atoms with Gasteiger partial charge < -0.3 is 4.90 Å². The molecular formula is C19H17BrN4O. The third kappa shape index (κ3) is 3.09. The first-order valence-electron chi connectivity index (χ1n) is 8.08. The Morgan fingerprint density at radius 2 is 2.08 bits per heavy atom. The molecule has 1 amide bonds. The molecule has 0 saturated heterocycles. The molecule has 25 heavy (non-hydrogen) atoms. The van der Waals surface area contributed by atoms with Crippen molar-refractivity contribution in [3.63, 3.8) is 0 Å². The number of aromatic nitrogens is 3. The molecule has 0 saturated carbocycles. The number of halogens is 1. The molecule has 1 atom stereocenters. The second kappa shape index (κ2) is 6.44. The monoisotopic (exact) mass is 396 g/mol. The molecule has 0 radical (unpaired) electrons. The van der Waals surface area contributed by atoms with Gasteiger partial charge in [-0.2, -0.15) is 5.10 Å². The molecule has 0 spiro atoms. The Morgan fingerprint density at radius 3 is 2.84 bits per heavy atom. The molecule has 1 aliphatic heterocycles. The van der Waals surface area contributed by atoms with Crippen LogP contribution in [0, 0.1) is 0 Å². The summed E-state index contributed by atoms with van der Waals surface area (Å²) in [6.45, 7) is 1.24. The third-order valence-electron chi connectivity index (χ3n) is 4.56. The molecule has 126 valence electrons. The fourth-order valence-corrected chi connectivity index (χ4v) is 3.74. The van der Waals surface area contributed by atoms with Crippen molar-refractivity contribution in [2.45, 2.75) is 12.5 Å². The van der Waals surface area contributed by atoms with Crippen LogP contribution in [-0.4, -0.2) is 32.1 Å². The van der Waals surface area contributed by atoms with E-state index >= 15 is 0 Å². The van der Waals surface area contributed by atoms with Crippen molar-refractivity contribution in [2.24, 2.45) is 7.05 Å². The van der Waals surface area contributed by atoms with Gasteiger partial charge in [-0.3, -0.25) is 14.5 Å². The Morgan fingerprint density at radius 1 is 1.24 bits per heavy atom. The van der Waals surface area contributed by atoms with Crippen LogP contribution in [0.3, 0.4) is 0 Å². The second-order valence-electron chi connectivity index (χ2n) is 6.28. The number of fused-ring (bicyclic) bond motifs is 1. The summed E-state index contributed by atoms with van der Waals surface area (Å²) < 4.78 is 2.61. The van der Waals surface area contributed by atoms with E-state index in [4.69, 9.17) is 0 Å². The smallest absolute Gasteiger partial charge is 0.255 e. The predicted octanol–water partition coefficient (Wildman–Crippen LogP) is 3.37. The predicted molar refractivity (Wildman–Crippen MR) is 98.2 cm³/mol. The molecule has 3 aromatic rings. The van der Waals surface area contributed by atoms with Gasteiger partial charge in [-0.05, 0) is 38.7 Å². The standard InChI is InChI=1S/C19H17BrN4O/c1-23-10-15(8-22-23)18-12-24(11-13-4-2-3-5-17(13)18)19(25)14-6-16(20)9-21-7-14/h2-10,18H,11-12H2,1H3/t18-/m1/s1. The lowest BCUT2D eigenvalue weighted by Crippen LogP contribution is -2.38. The van der Waals surface area contributed by atoms with Crippen LogP contribution in [0.15, 0.2) is 59.6 Å². The number of nitrogens with zero attached hydrogens (tertiary/aromatic N) is 4. The zero-order valence-corrected chi connectivity index (χ0v) is 15.3. The molecule has 1 aromatic carbocycles. The van der Waals surface area contributed by atoms with Crippen molar-refractivity contribution >= 4 is 21.8 Å². The van der Waals surface area contributed by atoms with Crippen molar-refractivity contribution in [2.75, 3.05) is 6.54 Å². The maximum Gasteiger partial charge on any atom is 0.255 e. The molecule has 0 N–H and O–H groups in total. The van der Waals surface area contributed by atoms with Gasteiger partial charge in [-0.1, -0.05) is 24.3 Å². The van der Waals surface area contributed by atoms with E-state index in [1.807, 2.05) is 36.5 Å². The molecule has 0 fully saturated rings. The average molecular weight is 397 g/mol. The summed E-state index contributed by atoms with van der Waals surface area (Å²) in [5.41, 5.74) is 4.17. The average Bonchev–Trinajstić information content (AvgIpc) is 3.06. The SMILES string of the molecule is Cn1cc([C@H]2CN(C(=O)c3cncc(Br)c3)Cc3ccccc32)cn1. The lowest BCUT2D eigenvalue weighted by molar-refractivity contribution is 0.0724. The van der Waals surface area contributed by atoms with Gasteiger partial charge in [0.25, 0.3) is 5.91 Å². The fourth-order valence-electron chi connectivity index (χ4n) is 3.38. The van der Waals surface area contributed by atoms with Crippen molar-refractivity contribution in [3.8, 4) is 0 Å². The minimum Gasteiger partial charge on any atom is -0.333 e. The number of rotatable bonds is 2. The van der Waals surface area contributed by atoms with Crippen molar-refractivity contribution in [1.29, 1.82) is 0 Å². The molecule has 4 rings (SSSR count). The third-order valence-corrected chi connectivity index (χ3v) is 4.99. The number of amides is 1. The fraction of sp³-hybridized carbons (Fsp3) is 0.211. The van der Waals surface area contributed by atoms with Gasteiger partial charge in [0, 0.05) is 49.1 Å². The van der Waals surface area contributed by atoms with E-state index in [0.29, 0.717) is 18.7 Å². The Kier molecular flexibility index (Phi) is 4.13. The minimum absolute atomic E-state index is 0.00260. The lowest BCUT2D eigenvalue weighted by atomic mass is 9.86. The highest BCUT2D eigenvalue weighted by Gasteiger charge is 2.30. The number of carbonyl (C=O) groups excluding carboxylic acids is 1. The van der Waals surface area contributed by atoms with E-state index in [1.54, 1.807) is 17.1 Å². The molecule has 1 aliphatic rings. The summed E-state index contributed by atoms with van der Waals surface area (Å²) in [7, 11) is 1.91. The van der Waals surface area contributed by atoms with Crippen LogP contribution in [0.1, 0.15) is 33.0 Å². The molecule has 2 aromatic heterocycles. The number of hydrogen-bond donors (Lipinski definition) is 0. The summed E-state index contributed by atoms with van der Waals surface area (Å²) in [4.78, 5) is 19.0. The van der Waals surface area contributed by atoms with Gasteiger partial charge in [-0.25, -0.2) is 0 Å². The molecule has 0 unspecified atom stereocenters. The highest BCUT2D eigenvalue weighted by Crippen LogP contribution is 2.33. The zero-order valence-electron chi connectivity index (χ0n) is 13.8. The van der Waals surface area contributed by atoms with Crippen molar-refractivity contribution in [1.82, 2.24) is 19.7 Å². The summed E-state index contributed by atoms with van der Waals surface area (Å²) in [6.07, 6.45) is 7.21. The van der Waals surface area contributed by atoms with Gasteiger partial charge in [0.15, 0.2) is 0 Å². The first-order valence-corrected chi connectivity index (χ1v) is 8.87. The number of carbonyl (C=O) groups is 1. The van der Waals surface area contributed by atoms with Gasteiger partial charge in [0.05, 0.1) is 11.8 Å². The number of aryl methyl sites for hydroxylation is 1. The molecule has 5 nitrogen and oxygen atoms in total. The van der Waals surface area contributed by atoms with Gasteiger partial charge in [-0.15, -0.1) is 0 Å². The normalized spacial score (nSPS) is 16.6. The van der Waals surface area contributed by atoms with E-state index in [0.717, 1.165) is 10.0 Å². The summed E-state index contributed by atoms with van der Waals surface area (Å²) in [5.74, 6) is 0.125. The Labute approximate surface area is 154 Å². The number of benzene rings is 1. The largest absolute Gasteiger partial charge is 0.333 e. The van der Waals surface area contributed by atoms with Crippen LogP contribution < -0.4 is 0 Å². The van der Waals surface area contributed by atoms with E-state index < -0.39 is 0 Å². The van der Waals surface area contributed by atoms with Gasteiger partial charge in [0.2, 0.25) is 0 Å². The summed E-state index contributed by atoms with van der Waals surface area (Å²) >= 11 is 3.39. The molecule has 6 heteroatoms. The highest BCUT2D eigenvalue weighted by atomic mass is 79.9. The first kappa shape index (κ1) is 16.0. The lowest BCUT2D eigenvalue weighted by Gasteiger charge is -2.34. The van der Waals surface area contributed by atoms with Gasteiger partial charge >= 0.3 is 0 Å². The highest BCUT2D eigenvalue weighted by molar-refractivity contribution is 9.10. The van der Waals surface area contributed by atoms with Crippen LogP contribution in [0.5, 0.6) is 0 Å².